The summed E-state index contributed by atoms with van der Waals surface area (Å²) in [6.45, 7) is 4.54. The molecule has 3 aromatic heterocycles. The third-order valence-electron chi connectivity index (χ3n) is 3.77. The van der Waals surface area contributed by atoms with Gasteiger partial charge in [-0.1, -0.05) is 0 Å². The molecule has 0 aliphatic carbocycles. The number of nitrogen functional groups attached to an aromatic ring is 1. The molecule has 8 heteroatoms. The van der Waals surface area contributed by atoms with Crippen LogP contribution in [0, 0.1) is 13.8 Å². The Morgan fingerprint density at radius 2 is 1.87 bits per heavy atom. The molecule has 3 rings (SSSR count). The van der Waals surface area contributed by atoms with Crippen molar-refractivity contribution in [2.75, 3.05) is 12.8 Å². The van der Waals surface area contributed by atoms with E-state index in [1.54, 1.807) is 7.11 Å². The number of anilines is 1. The van der Waals surface area contributed by atoms with Crippen LogP contribution in [0.3, 0.4) is 0 Å². The SMILES string of the molecule is COc1c(C)c(Br)nc(Cn2ccc3c(Br)nc(N)nc32)c1C. The summed E-state index contributed by atoms with van der Waals surface area (Å²) in [4.78, 5) is 13.1. The summed E-state index contributed by atoms with van der Waals surface area (Å²) in [5, 5.41) is 0.912. The fraction of sp³-hybridized carbons (Fsp3) is 0.267. The molecule has 0 amide bonds. The maximum atomic E-state index is 5.76. The lowest BCUT2D eigenvalue weighted by Crippen LogP contribution is -2.07. The smallest absolute Gasteiger partial charge is 0.223 e. The van der Waals surface area contributed by atoms with E-state index in [-0.39, 0.29) is 5.95 Å². The first-order chi connectivity index (χ1) is 10.9. The Kier molecular flexibility index (Phi) is 4.29. The second-order valence-corrected chi connectivity index (χ2v) is 6.69. The molecule has 0 saturated carbocycles. The summed E-state index contributed by atoms with van der Waals surface area (Å²) in [5.74, 6) is 1.07. The van der Waals surface area contributed by atoms with Gasteiger partial charge in [-0.2, -0.15) is 4.98 Å². The van der Waals surface area contributed by atoms with Gasteiger partial charge in [0, 0.05) is 17.3 Å². The minimum atomic E-state index is 0.233. The van der Waals surface area contributed by atoms with Crippen molar-refractivity contribution in [3.05, 3.63) is 38.3 Å². The lowest BCUT2D eigenvalue weighted by atomic mass is 10.1. The lowest BCUT2D eigenvalue weighted by molar-refractivity contribution is 0.406. The molecule has 0 aromatic carbocycles. The Morgan fingerprint density at radius 1 is 1.13 bits per heavy atom. The first-order valence-electron chi connectivity index (χ1n) is 6.89. The highest BCUT2D eigenvalue weighted by atomic mass is 79.9. The average Bonchev–Trinajstić information content (AvgIpc) is 2.89. The van der Waals surface area contributed by atoms with Gasteiger partial charge >= 0.3 is 0 Å². The zero-order valence-electron chi connectivity index (χ0n) is 12.9. The molecule has 3 aromatic rings. The number of fused-ring (bicyclic) bond motifs is 1. The van der Waals surface area contributed by atoms with Crippen LogP contribution in [-0.2, 0) is 6.54 Å². The number of methoxy groups -OCH3 is 1. The van der Waals surface area contributed by atoms with Crippen molar-refractivity contribution in [3.63, 3.8) is 0 Å². The maximum Gasteiger partial charge on any atom is 0.223 e. The van der Waals surface area contributed by atoms with Crippen LogP contribution >= 0.6 is 31.9 Å². The van der Waals surface area contributed by atoms with E-state index in [1.165, 1.54) is 0 Å². The van der Waals surface area contributed by atoms with Gasteiger partial charge in [-0.15, -0.1) is 0 Å². The number of nitrogens with two attached hydrogens (primary N) is 1. The normalized spacial score (nSPS) is 11.2. The summed E-state index contributed by atoms with van der Waals surface area (Å²) in [7, 11) is 1.67. The zero-order chi connectivity index (χ0) is 16.7. The summed E-state index contributed by atoms with van der Waals surface area (Å²) >= 11 is 6.91. The standard InChI is InChI=1S/C15H15Br2N5O/c1-7-10(19-12(16)8(2)11(7)23-3)6-22-5-4-9-13(17)20-15(18)21-14(9)22/h4-5H,6H2,1-3H3,(H2,18,20,21). The maximum absolute atomic E-state index is 5.76. The van der Waals surface area contributed by atoms with Crippen molar-refractivity contribution in [1.82, 2.24) is 19.5 Å². The summed E-state index contributed by atoms with van der Waals surface area (Å²) < 4.78 is 8.97. The third-order valence-corrected chi connectivity index (χ3v) is 5.15. The van der Waals surface area contributed by atoms with Gasteiger partial charge in [0.1, 0.15) is 20.6 Å². The van der Waals surface area contributed by atoms with E-state index in [0.29, 0.717) is 11.1 Å². The summed E-state index contributed by atoms with van der Waals surface area (Å²) in [5.41, 5.74) is 9.43. The zero-order valence-corrected chi connectivity index (χ0v) is 16.1. The lowest BCUT2D eigenvalue weighted by Gasteiger charge is -2.15. The van der Waals surface area contributed by atoms with Gasteiger partial charge in [0.25, 0.3) is 0 Å². The molecule has 0 atom stereocenters. The molecule has 0 fully saturated rings. The van der Waals surface area contributed by atoms with E-state index >= 15 is 0 Å². The van der Waals surface area contributed by atoms with Crippen molar-refractivity contribution in [1.29, 1.82) is 0 Å². The van der Waals surface area contributed by atoms with Crippen LogP contribution in [0.4, 0.5) is 5.95 Å². The largest absolute Gasteiger partial charge is 0.496 e. The monoisotopic (exact) mass is 439 g/mol. The van der Waals surface area contributed by atoms with Crippen molar-refractivity contribution in [2.24, 2.45) is 0 Å². The number of nitrogens with zero attached hydrogens (tertiary/aromatic N) is 4. The topological polar surface area (TPSA) is 78.8 Å². The highest BCUT2D eigenvalue weighted by molar-refractivity contribution is 9.10. The van der Waals surface area contributed by atoms with Gasteiger partial charge in [-0.3, -0.25) is 0 Å². The number of aromatic nitrogens is 4. The second-order valence-electron chi connectivity index (χ2n) is 5.19. The van der Waals surface area contributed by atoms with Gasteiger partial charge in [0.15, 0.2) is 0 Å². The van der Waals surface area contributed by atoms with Crippen LogP contribution in [0.5, 0.6) is 5.75 Å². The Balaban J connectivity index is 2.12. The van der Waals surface area contributed by atoms with Crippen molar-refractivity contribution in [2.45, 2.75) is 20.4 Å². The Labute approximate surface area is 150 Å². The van der Waals surface area contributed by atoms with Crippen molar-refractivity contribution in [3.8, 4) is 5.75 Å². The molecule has 0 bridgehead atoms. The van der Waals surface area contributed by atoms with Gasteiger partial charge in [-0.05, 0) is 51.8 Å². The summed E-state index contributed by atoms with van der Waals surface area (Å²) in [6.07, 6.45) is 1.95. The Bertz CT molecular complexity index is 907. The van der Waals surface area contributed by atoms with E-state index in [4.69, 9.17) is 10.5 Å². The first-order valence-corrected chi connectivity index (χ1v) is 8.48. The van der Waals surface area contributed by atoms with E-state index in [9.17, 15) is 0 Å². The second kappa shape index (κ2) is 6.09. The van der Waals surface area contributed by atoms with E-state index in [0.717, 1.165) is 38.2 Å². The van der Waals surface area contributed by atoms with Crippen LogP contribution in [0.25, 0.3) is 11.0 Å². The van der Waals surface area contributed by atoms with Gasteiger partial charge in [0.05, 0.1) is 24.7 Å². The molecule has 2 N–H and O–H groups in total. The van der Waals surface area contributed by atoms with E-state index in [1.807, 2.05) is 30.7 Å². The molecule has 0 aliphatic heterocycles. The quantitative estimate of drug-likeness (QED) is 0.497. The fourth-order valence-corrected chi connectivity index (χ4v) is 3.47. The molecule has 0 radical (unpaired) electrons. The number of ether oxygens (including phenoxy) is 1. The highest BCUT2D eigenvalue weighted by Gasteiger charge is 2.16. The number of pyridine rings is 1. The number of rotatable bonds is 3. The van der Waals surface area contributed by atoms with Crippen LogP contribution in [-0.4, -0.2) is 26.6 Å². The molecule has 0 saturated heterocycles. The molecule has 6 nitrogen and oxygen atoms in total. The van der Waals surface area contributed by atoms with Crippen LogP contribution in [0.15, 0.2) is 21.5 Å². The van der Waals surface area contributed by atoms with Crippen molar-refractivity contribution < 1.29 is 4.74 Å². The predicted molar refractivity (Wildman–Crippen MR) is 96.7 cm³/mol. The molecule has 0 unspecified atom stereocenters. The molecule has 120 valence electrons. The number of hydrogen-bond donors (Lipinski definition) is 1. The van der Waals surface area contributed by atoms with E-state index < -0.39 is 0 Å². The fourth-order valence-electron chi connectivity index (χ4n) is 2.59. The minimum absolute atomic E-state index is 0.233. The van der Waals surface area contributed by atoms with Gasteiger partial charge in [-0.25, -0.2) is 9.97 Å². The molecular weight excluding hydrogens is 426 g/mol. The average molecular weight is 441 g/mol. The molecule has 0 spiro atoms. The third kappa shape index (κ3) is 2.81. The van der Waals surface area contributed by atoms with Crippen molar-refractivity contribution >= 4 is 48.8 Å². The molecule has 0 aliphatic rings. The predicted octanol–water partition coefficient (Wildman–Crippen LogP) is 3.61. The Hall–Kier alpha value is -1.67. The first kappa shape index (κ1) is 16.2. The van der Waals surface area contributed by atoms with Crippen LogP contribution < -0.4 is 10.5 Å². The molecule has 3 heterocycles. The van der Waals surface area contributed by atoms with E-state index in [2.05, 4.69) is 46.8 Å². The number of halogens is 2. The molecule has 23 heavy (non-hydrogen) atoms. The van der Waals surface area contributed by atoms with Gasteiger partial charge in [0.2, 0.25) is 5.95 Å². The minimum Gasteiger partial charge on any atom is -0.496 e. The van der Waals surface area contributed by atoms with Crippen LogP contribution in [0.2, 0.25) is 0 Å². The Morgan fingerprint density at radius 3 is 2.57 bits per heavy atom. The highest BCUT2D eigenvalue weighted by Crippen LogP contribution is 2.31. The summed E-state index contributed by atoms with van der Waals surface area (Å²) in [6, 6.07) is 1.95. The van der Waals surface area contributed by atoms with Crippen LogP contribution in [0.1, 0.15) is 16.8 Å². The molecular formula is C15H15Br2N5O. The van der Waals surface area contributed by atoms with Gasteiger partial charge < -0.3 is 15.0 Å². The number of hydrogen-bond acceptors (Lipinski definition) is 5.